The highest BCUT2D eigenvalue weighted by molar-refractivity contribution is 6.06. The van der Waals surface area contributed by atoms with E-state index >= 15 is 0 Å². The number of aryl methyl sites for hydroxylation is 10. The molecule has 10 heterocycles. The highest BCUT2D eigenvalue weighted by Gasteiger charge is 2.26. The van der Waals surface area contributed by atoms with E-state index in [1.165, 1.54) is 82.8 Å². The third-order valence-electron chi connectivity index (χ3n) is 18.7. The van der Waals surface area contributed by atoms with Crippen molar-refractivity contribution in [3.63, 3.8) is 0 Å². The average Bonchev–Trinajstić information content (AvgIpc) is 1.62. The van der Waals surface area contributed by atoms with Gasteiger partial charge in [0.1, 0.15) is 22.9 Å². The molecule has 0 saturated carbocycles. The molecule has 0 aliphatic rings. The summed E-state index contributed by atoms with van der Waals surface area (Å²) in [5.74, 6) is -4.50. The van der Waals surface area contributed by atoms with Gasteiger partial charge >= 0.3 is 0 Å². The maximum Gasteiger partial charge on any atom is 0.291 e. The van der Waals surface area contributed by atoms with E-state index in [1.807, 2.05) is 44.8 Å². The summed E-state index contributed by atoms with van der Waals surface area (Å²) in [5, 5.41) is 51.2. The molecule has 43 heteroatoms. The molecule has 11 aromatic rings. The predicted octanol–water partition coefficient (Wildman–Crippen LogP) is 2.23. The van der Waals surface area contributed by atoms with Gasteiger partial charge in [0.15, 0.2) is 23.3 Å². The van der Waals surface area contributed by atoms with Crippen LogP contribution in [0.25, 0.3) is 22.5 Å². The monoisotopic (exact) mass is 1660 g/mol. The van der Waals surface area contributed by atoms with Crippen LogP contribution in [0, 0.1) is 11.3 Å². The van der Waals surface area contributed by atoms with E-state index in [9.17, 15) is 58.0 Å². The number of nitrogens with one attached hydrogen (secondary N) is 12. The van der Waals surface area contributed by atoms with Gasteiger partial charge in [0.05, 0.1) is 85.4 Å². The molecule has 0 saturated heterocycles. The molecular weight excluding hydrogens is 1570 g/mol. The number of anilines is 6. The molecule has 0 spiro atoms. The number of nitriles is 1. The minimum atomic E-state index is -0.640. The van der Waals surface area contributed by atoms with Crippen molar-refractivity contribution in [2.45, 2.75) is 51.6 Å². The third kappa shape index (κ3) is 23.7. The number of hydrogen-bond acceptors (Lipinski definition) is 22. The van der Waals surface area contributed by atoms with Crippen molar-refractivity contribution in [3.05, 3.63) is 174 Å². The predicted molar refractivity (Wildman–Crippen MR) is 439 cm³/mol. The molecule has 0 aliphatic carbocycles. The minimum Gasteiger partial charge on any atom is -0.378 e. The second-order valence-electron chi connectivity index (χ2n) is 28.1. The van der Waals surface area contributed by atoms with Crippen LogP contribution in [-0.2, 0) is 112 Å². The van der Waals surface area contributed by atoms with E-state index in [4.69, 9.17) is 14.5 Å². The Morgan fingerprint density at radius 1 is 0.421 bits per heavy atom. The van der Waals surface area contributed by atoms with Crippen LogP contribution in [0.4, 0.5) is 34.5 Å². The topological polar surface area (TPSA) is 514 Å². The van der Waals surface area contributed by atoms with Gasteiger partial charge < -0.3 is 110 Å². The first-order valence-electron chi connectivity index (χ1n) is 38.4. The van der Waals surface area contributed by atoms with Crippen LogP contribution < -0.4 is 63.8 Å². The summed E-state index contributed by atoms with van der Waals surface area (Å²) in [6, 6.07) is 14.1. The largest absolute Gasteiger partial charge is 0.378 e. The number of nitrogens with zero attached hydrogens (tertiary/aromatic N) is 18. The first-order valence-corrected chi connectivity index (χ1v) is 38.4. The van der Waals surface area contributed by atoms with Crippen LogP contribution in [0.3, 0.4) is 0 Å². The maximum absolute atomic E-state index is 13.4. The standard InChI is InChI=1S/C78H94N30O13/c1-99-28-24-82-68(99)77(118)90-53-34-56(101(3)43-53)73(114)84-22-18-65(112)93-59-46-105(7)71(95-59)78(119)91-54-35-55(100(2)44-54)72(113)83-20-10-11-63(110)92-58-45-103(5)69(94-58)75(116)86-23-17-64(111)89-52-33-57(102(4)42-52)74(115)97-60-47-104(6)70(96-60)76(117)85-21-16-62(109)81-26-30-121-32-31-120-29-25-80-39-61-98-66(51-38-88-107(9)41-51)67(50-14-12-48(36-79)13-15-50)108(61)27-19-49-37-87-106(8)40-49/h12-15,24,28,33-35,37-38,40-47,80H,10-11,16-23,25-27,29-32,39H2,1-9H3,(H,81,109)(H,83,113)(H,84,114)(H,85,117)(H,86,116)(H,89,111)(H,90,118)(H,91,119)(H,92,110)(H,93,112)(H,97,115). The number of aromatic nitrogens is 17. The van der Waals surface area contributed by atoms with Gasteiger partial charge in [-0.3, -0.25) is 62.1 Å². The first-order chi connectivity index (χ1) is 58.1. The second-order valence-corrected chi connectivity index (χ2v) is 28.1. The first kappa shape index (κ1) is 86.9. The summed E-state index contributed by atoms with van der Waals surface area (Å²) < 4.78 is 27.5. The van der Waals surface area contributed by atoms with Crippen molar-refractivity contribution < 1.29 is 62.2 Å². The fraction of sp³-hybridized carbons (Fsp3) is 0.346. The van der Waals surface area contributed by atoms with Gasteiger partial charge in [-0.2, -0.15) is 15.5 Å². The Balaban J connectivity index is 0.518. The van der Waals surface area contributed by atoms with Crippen molar-refractivity contribution in [3.8, 4) is 28.6 Å². The van der Waals surface area contributed by atoms with Gasteiger partial charge in [-0.15, -0.1) is 0 Å². The third-order valence-corrected chi connectivity index (χ3v) is 18.7. The highest BCUT2D eigenvalue weighted by atomic mass is 16.5. The van der Waals surface area contributed by atoms with Gasteiger partial charge in [-0.25, -0.2) is 24.9 Å². The molecule has 0 atom stereocenters. The molecule has 1 aromatic carbocycles. The summed E-state index contributed by atoms with van der Waals surface area (Å²) in [4.78, 5) is 165. The van der Waals surface area contributed by atoms with Crippen molar-refractivity contribution in [1.82, 2.24) is 113 Å². The SMILES string of the molecule is Cn1cc(CCn2c(CNCCOCCOCCNC(=O)CCNC(=O)c3nc(NC(=O)c4cc(NC(=O)CCNC(=O)c5nc(NC(=O)CCCNC(=O)c6cc(NC(=O)c7nc(NC(=O)CCNC(=O)c8cc(NC(=O)c9nccn9C)cn8C)cn7C)cn6C)cn5C)cn4C)cn3C)nc(-c3cnn(C)c3)c2-c2ccc(C#N)cc2)cn1. The Morgan fingerprint density at radius 3 is 1.45 bits per heavy atom. The van der Waals surface area contributed by atoms with Gasteiger partial charge in [-0.05, 0) is 48.7 Å². The van der Waals surface area contributed by atoms with Gasteiger partial charge in [0, 0.05) is 208 Å². The lowest BCUT2D eigenvalue weighted by molar-refractivity contribution is -0.121. The van der Waals surface area contributed by atoms with E-state index in [0.717, 1.165) is 40.3 Å². The molecular formula is C78H94N30O13. The smallest absolute Gasteiger partial charge is 0.291 e. The van der Waals surface area contributed by atoms with Crippen LogP contribution in [0.15, 0.2) is 117 Å². The summed E-state index contributed by atoms with van der Waals surface area (Å²) >= 11 is 0. The van der Waals surface area contributed by atoms with E-state index in [1.54, 1.807) is 94.0 Å². The summed E-state index contributed by atoms with van der Waals surface area (Å²) in [7, 11) is 14.9. The van der Waals surface area contributed by atoms with Crippen LogP contribution in [-0.4, -0.2) is 212 Å². The normalized spacial score (nSPS) is 11.1. The lowest BCUT2D eigenvalue weighted by Gasteiger charge is -2.13. The zero-order valence-corrected chi connectivity index (χ0v) is 68.1. The number of rotatable bonds is 42. The zero-order valence-electron chi connectivity index (χ0n) is 68.1. The average molecular weight is 1660 g/mol. The minimum absolute atomic E-state index is 0.00205. The molecule has 12 N–H and O–H groups in total. The summed E-state index contributed by atoms with van der Waals surface area (Å²) in [6.07, 6.45) is 20.2. The van der Waals surface area contributed by atoms with Gasteiger partial charge in [-0.1, -0.05) is 12.1 Å². The van der Waals surface area contributed by atoms with Crippen molar-refractivity contribution in [1.29, 1.82) is 5.26 Å². The molecule has 0 aliphatic heterocycles. The summed E-state index contributed by atoms with van der Waals surface area (Å²) in [5.41, 5.74) is 6.64. The number of imidazole rings is 5. The molecule has 0 unspecified atom stereocenters. The number of carbonyl (C=O) groups is 11. The quantitative estimate of drug-likeness (QED) is 0.0244. The van der Waals surface area contributed by atoms with E-state index in [-0.39, 0.29) is 147 Å². The number of benzene rings is 1. The lowest BCUT2D eigenvalue weighted by Crippen LogP contribution is -2.33. The Kier molecular flexibility index (Phi) is 29.3. The Bertz CT molecular complexity index is 5650. The van der Waals surface area contributed by atoms with Crippen molar-refractivity contribution in [2.75, 3.05) is 97.6 Å². The molecule has 43 nitrogen and oxygen atoms in total. The van der Waals surface area contributed by atoms with Gasteiger partial charge in [0.2, 0.25) is 41.1 Å². The van der Waals surface area contributed by atoms with Crippen LogP contribution in [0.1, 0.15) is 123 Å². The van der Waals surface area contributed by atoms with Crippen LogP contribution >= 0.6 is 0 Å². The maximum atomic E-state index is 13.4. The zero-order chi connectivity index (χ0) is 86.4. The number of amides is 11. The van der Waals surface area contributed by atoms with Crippen LogP contribution in [0.2, 0.25) is 0 Å². The fourth-order valence-electron chi connectivity index (χ4n) is 12.7. The van der Waals surface area contributed by atoms with E-state index in [0.29, 0.717) is 50.7 Å². The molecule has 0 bridgehead atoms. The molecule has 0 radical (unpaired) electrons. The Hall–Kier alpha value is -14.9. The molecule has 634 valence electrons. The molecule has 11 amide bonds. The molecule has 121 heavy (non-hydrogen) atoms. The van der Waals surface area contributed by atoms with Crippen molar-refractivity contribution >= 4 is 99.5 Å². The molecule has 0 fully saturated rings. The van der Waals surface area contributed by atoms with Crippen molar-refractivity contribution in [2.24, 2.45) is 63.4 Å². The second kappa shape index (κ2) is 40.8. The van der Waals surface area contributed by atoms with Gasteiger partial charge in [0.25, 0.3) is 41.4 Å². The molecule has 11 rings (SSSR count). The number of ether oxygens (including phenoxy) is 2. The lowest BCUT2D eigenvalue weighted by atomic mass is 10.1. The van der Waals surface area contributed by atoms with E-state index in [2.05, 4.69) is 105 Å². The Labute approximate surface area is 692 Å². The van der Waals surface area contributed by atoms with E-state index < -0.39 is 59.1 Å². The summed E-state index contributed by atoms with van der Waals surface area (Å²) in [6.45, 7) is 3.11. The highest BCUT2D eigenvalue weighted by Crippen LogP contribution is 2.34. The van der Waals surface area contributed by atoms with Crippen LogP contribution in [0.5, 0.6) is 0 Å². The Morgan fingerprint density at radius 2 is 0.909 bits per heavy atom. The fourth-order valence-corrected chi connectivity index (χ4v) is 12.7. The molecule has 10 aromatic heterocycles. The number of carbonyl (C=O) groups excluding carboxylic acids is 11. The number of hydrogen-bond donors (Lipinski definition) is 12.